The van der Waals surface area contributed by atoms with E-state index in [-0.39, 0.29) is 18.0 Å². The Morgan fingerprint density at radius 2 is 1.90 bits per heavy atom. The minimum atomic E-state index is -0.470. The Bertz CT molecular complexity index is 956. The molecule has 158 valence electrons. The van der Waals surface area contributed by atoms with E-state index in [2.05, 4.69) is 66.3 Å². The smallest absolute Gasteiger partial charge is 0.343 e. The SMILES string of the molecule is CCc1ccc(N[C@@H]2NC(=O)/C(=C/c3cc(Br)c(OCC(=O)OC)c(Br)c3)S2)cc1. The zero-order chi connectivity index (χ0) is 21.7. The lowest BCUT2D eigenvalue weighted by molar-refractivity contribution is -0.142. The second kappa shape index (κ2) is 10.4. The first-order chi connectivity index (χ1) is 14.4. The van der Waals surface area contributed by atoms with E-state index in [9.17, 15) is 9.59 Å². The topological polar surface area (TPSA) is 76.7 Å². The number of benzene rings is 2. The number of carbonyl (C=O) groups excluding carboxylic acids is 2. The summed E-state index contributed by atoms with van der Waals surface area (Å²) in [6.07, 6.45) is 2.79. The number of hydrogen-bond donors (Lipinski definition) is 2. The molecule has 1 aliphatic heterocycles. The zero-order valence-electron chi connectivity index (χ0n) is 16.3. The van der Waals surface area contributed by atoms with Gasteiger partial charge in [-0.15, -0.1) is 0 Å². The summed E-state index contributed by atoms with van der Waals surface area (Å²) in [5.74, 6) is -0.121. The molecular weight excluding hydrogens is 536 g/mol. The maximum Gasteiger partial charge on any atom is 0.343 e. The fourth-order valence-electron chi connectivity index (χ4n) is 2.70. The lowest BCUT2D eigenvalue weighted by Crippen LogP contribution is -2.30. The Balaban J connectivity index is 1.70. The van der Waals surface area contributed by atoms with E-state index in [0.29, 0.717) is 19.6 Å². The predicted octanol–water partition coefficient (Wildman–Crippen LogP) is 4.93. The van der Waals surface area contributed by atoms with Gasteiger partial charge in [-0.05, 0) is 79.7 Å². The van der Waals surface area contributed by atoms with Gasteiger partial charge < -0.3 is 20.1 Å². The van der Waals surface area contributed by atoms with Crippen LogP contribution in [0.2, 0.25) is 0 Å². The largest absolute Gasteiger partial charge is 0.480 e. The molecule has 0 spiro atoms. The molecule has 0 bridgehead atoms. The van der Waals surface area contributed by atoms with Crippen molar-refractivity contribution in [3.8, 4) is 5.75 Å². The standard InChI is InChI=1S/C21H20Br2N2O4S/c1-3-12-4-6-14(7-5-12)24-21-25-20(27)17(30-21)10-13-8-15(22)19(16(23)9-13)29-11-18(26)28-2/h4-10,21,24H,3,11H2,1-2H3,(H,25,27)/b17-10-/t21-/m1/s1. The molecule has 1 fully saturated rings. The fourth-order valence-corrected chi connectivity index (χ4v) is 5.13. The van der Waals surface area contributed by atoms with Gasteiger partial charge in [0, 0.05) is 5.69 Å². The third-order valence-electron chi connectivity index (χ3n) is 4.27. The number of methoxy groups -OCH3 is 1. The number of ether oxygens (including phenoxy) is 2. The number of hydrogen-bond acceptors (Lipinski definition) is 6. The van der Waals surface area contributed by atoms with Crippen LogP contribution in [0.4, 0.5) is 5.69 Å². The first kappa shape index (κ1) is 22.7. The molecule has 0 saturated carbocycles. The van der Waals surface area contributed by atoms with Crippen molar-refractivity contribution < 1.29 is 19.1 Å². The van der Waals surface area contributed by atoms with Crippen molar-refractivity contribution in [2.24, 2.45) is 0 Å². The average Bonchev–Trinajstić information content (AvgIpc) is 3.06. The summed E-state index contributed by atoms with van der Waals surface area (Å²) < 4.78 is 11.4. The van der Waals surface area contributed by atoms with Crippen LogP contribution in [0.25, 0.3) is 6.08 Å². The molecule has 9 heteroatoms. The maximum atomic E-state index is 12.4. The molecule has 3 rings (SSSR count). The second-order valence-corrected chi connectivity index (χ2v) is 9.21. The highest BCUT2D eigenvalue weighted by molar-refractivity contribution is 9.11. The molecule has 30 heavy (non-hydrogen) atoms. The molecule has 1 heterocycles. The Labute approximate surface area is 196 Å². The first-order valence-electron chi connectivity index (χ1n) is 9.13. The van der Waals surface area contributed by atoms with E-state index in [4.69, 9.17) is 4.74 Å². The first-order valence-corrected chi connectivity index (χ1v) is 11.6. The summed E-state index contributed by atoms with van der Waals surface area (Å²) >= 11 is 8.31. The van der Waals surface area contributed by atoms with Gasteiger partial charge in [0.15, 0.2) is 12.1 Å². The molecule has 0 aliphatic carbocycles. The van der Waals surface area contributed by atoms with E-state index < -0.39 is 5.97 Å². The van der Waals surface area contributed by atoms with Gasteiger partial charge in [-0.1, -0.05) is 30.8 Å². The lowest BCUT2D eigenvalue weighted by atomic mass is 10.1. The van der Waals surface area contributed by atoms with Gasteiger partial charge in [0.05, 0.1) is 21.0 Å². The number of carbonyl (C=O) groups is 2. The Morgan fingerprint density at radius 3 is 2.50 bits per heavy atom. The van der Waals surface area contributed by atoms with Crippen LogP contribution in [0.1, 0.15) is 18.1 Å². The molecular formula is C21H20Br2N2O4S. The number of esters is 1. The lowest BCUT2D eigenvalue weighted by Gasteiger charge is -2.13. The van der Waals surface area contributed by atoms with Gasteiger partial charge >= 0.3 is 5.97 Å². The zero-order valence-corrected chi connectivity index (χ0v) is 20.3. The minimum Gasteiger partial charge on any atom is -0.480 e. The second-order valence-electron chi connectivity index (χ2n) is 6.35. The summed E-state index contributed by atoms with van der Waals surface area (Å²) in [5.41, 5.74) is 2.78. The number of amides is 1. The summed E-state index contributed by atoms with van der Waals surface area (Å²) in [6.45, 7) is 1.92. The van der Waals surface area contributed by atoms with Crippen molar-refractivity contribution in [2.75, 3.05) is 19.0 Å². The monoisotopic (exact) mass is 554 g/mol. The molecule has 2 N–H and O–H groups in total. The average molecular weight is 556 g/mol. The highest BCUT2D eigenvalue weighted by Gasteiger charge is 2.27. The van der Waals surface area contributed by atoms with Gasteiger partial charge in [0.2, 0.25) is 0 Å². The summed E-state index contributed by atoms with van der Waals surface area (Å²) in [6, 6.07) is 11.8. The van der Waals surface area contributed by atoms with Crippen molar-refractivity contribution >= 4 is 67.3 Å². The fraction of sp³-hybridized carbons (Fsp3) is 0.238. The quantitative estimate of drug-likeness (QED) is 0.373. The predicted molar refractivity (Wildman–Crippen MR) is 126 cm³/mol. The molecule has 0 aromatic heterocycles. The number of halogens is 2. The number of anilines is 1. The van der Waals surface area contributed by atoms with Crippen LogP contribution in [0, 0.1) is 0 Å². The Kier molecular flexibility index (Phi) is 7.85. The van der Waals surface area contributed by atoms with Crippen LogP contribution >= 0.6 is 43.6 Å². The van der Waals surface area contributed by atoms with Gasteiger partial charge in [-0.3, -0.25) is 4.79 Å². The number of thioether (sulfide) groups is 1. The van der Waals surface area contributed by atoms with Crippen molar-refractivity contribution in [2.45, 2.75) is 18.8 Å². The maximum absolute atomic E-state index is 12.4. The Morgan fingerprint density at radius 1 is 1.23 bits per heavy atom. The third kappa shape index (κ3) is 5.80. The molecule has 1 saturated heterocycles. The van der Waals surface area contributed by atoms with Gasteiger partial charge in [-0.2, -0.15) is 0 Å². The highest BCUT2D eigenvalue weighted by atomic mass is 79.9. The normalized spacial score (nSPS) is 17.0. The van der Waals surface area contributed by atoms with Crippen molar-refractivity contribution in [3.63, 3.8) is 0 Å². The Hall–Kier alpha value is -1.97. The van der Waals surface area contributed by atoms with E-state index in [1.165, 1.54) is 24.4 Å². The van der Waals surface area contributed by atoms with Crippen molar-refractivity contribution in [1.29, 1.82) is 0 Å². The number of nitrogens with one attached hydrogen (secondary N) is 2. The molecule has 2 aromatic carbocycles. The van der Waals surface area contributed by atoms with Crippen LogP contribution in [-0.2, 0) is 20.7 Å². The highest BCUT2D eigenvalue weighted by Crippen LogP contribution is 2.37. The summed E-state index contributed by atoms with van der Waals surface area (Å²) in [7, 11) is 1.30. The van der Waals surface area contributed by atoms with Crippen LogP contribution < -0.4 is 15.4 Å². The van der Waals surface area contributed by atoms with Gasteiger partial charge in [0.25, 0.3) is 5.91 Å². The van der Waals surface area contributed by atoms with Crippen LogP contribution in [0.5, 0.6) is 5.75 Å². The van der Waals surface area contributed by atoms with Crippen LogP contribution in [-0.4, -0.2) is 31.1 Å². The molecule has 0 unspecified atom stereocenters. The molecule has 0 radical (unpaired) electrons. The van der Waals surface area contributed by atoms with Gasteiger partial charge in [0.1, 0.15) is 5.75 Å². The summed E-state index contributed by atoms with van der Waals surface area (Å²) in [5, 5.41) is 6.24. The molecule has 6 nitrogen and oxygen atoms in total. The van der Waals surface area contributed by atoms with E-state index in [1.54, 1.807) is 0 Å². The number of rotatable bonds is 7. The third-order valence-corrected chi connectivity index (χ3v) is 6.48. The van der Waals surface area contributed by atoms with Crippen LogP contribution in [0.15, 0.2) is 50.2 Å². The molecule has 1 aliphatic rings. The molecule has 2 aromatic rings. The van der Waals surface area contributed by atoms with E-state index in [1.807, 2.05) is 30.3 Å². The number of aryl methyl sites for hydroxylation is 1. The minimum absolute atomic E-state index is 0.138. The van der Waals surface area contributed by atoms with E-state index in [0.717, 1.165) is 17.7 Å². The molecule has 1 amide bonds. The summed E-state index contributed by atoms with van der Waals surface area (Å²) in [4.78, 5) is 24.3. The van der Waals surface area contributed by atoms with Crippen molar-refractivity contribution in [1.82, 2.24) is 5.32 Å². The van der Waals surface area contributed by atoms with Crippen molar-refractivity contribution in [3.05, 3.63) is 61.4 Å². The van der Waals surface area contributed by atoms with E-state index >= 15 is 0 Å². The van der Waals surface area contributed by atoms with Crippen LogP contribution in [0.3, 0.4) is 0 Å². The van der Waals surface area contributed by atoms with Gasteiger partial charge in [-0.25, -0.2) is 4.79 Å². The molecule has 1 atom stereocenters.